The van der Waals surface area contributed by atoms with Gasteiger partial charge < -0.3 is 9.32 Å². The summed E-state index contributed by atoms with van der Waals surface area (Å²) in [5, 5.41) is 0. The van der Waals surface area contributed by atoms with Crippen LogP contribution in [0.5, 0.6) is 0 Å². The number of carbonyl (C=O) groups excluding carboxylic acids is 1. The second kappa shape index (κ2) is 4.09. The highest BCUT2D eigenvalue weighted by atomic mass is 32.1. The number of carbonyl (C=O) groups is 1. The van der Waals surface area contributed by atoms with Crippen LogP contribution in [0, 0.1) is 0 Å². The molecular formula is C10H13NO2S. The SMILES string of the molecule is O=C(CS)N(Cc1ccco1)C1CC1. The van der Waals surface area contributed by atoms with E-state index in [0.29, 0.717) is 12.6 Å². The molecule has 1 aromatic rings. The lowest BCUT2D eigenvalue weighted by atomic mass is 10.3. The molecule has 1 aliphatic carbocycles. The molecule has 1 aliphatic rings. The van der Waals surface area contributed by atoms with E-state index in [4.69, 9.17) is 4.42 Å². The van der Waals surface area contributed by atoms with Crippen molar-refractivity contribution in [1.29, 1.82) is 0 Å². The third-order valence-electron chi connectivity index (χ3n) is 2.35. The summed E-state index contributed by atoms with van der Waals surface area (Å²) in [6.07, 6.45) is 3.85. The molecule has 3 nitrogen and oxygen atoms in total. The van der Waals surface area contributed by atoms with Crippen molar-refractivity contribution in [3.8, 4) is 0 Å². The Bertz CT molecular complexity index is 306. The van der Waals surface area contributed by atoms with Gasteiger partial charge in [0.2, 0.25) is 5.91 Å². The largest absolute Gasteiger partial charge is 0.467 e. The van der Waals surface area contributed by atoms with E-state index in [1.54, 1.807) is 6.26 Å². The number of furan rings is 1. The summed E-state index contributed by atoms with van der Waals surface area (Å²) in [6.45, 7) is 0.580. The lowest BCUT2D eigenvalue weighted by Gasteiger charge is -2.20. The van der Waals surface area contributed by atoms with E-state index < -0.39 is 0 Å². The summed E-state index contributed by atoms with van der Waals surface area (Å²) in [7, 11) is 0. The number of amides is 1. The van der Waals surface area contributed by atoms with Gasteiger partial charge in [-0.25, -0.2) is 0 Å². The van der Waals surface area contributed by atoms with Crippen LogP contribution in [0.4, 0.5) is 0 Å². The van der Waals surface area contributed by atoms with E-state index in [2.05, 4.69) is 12.6 Å². The molecule has 4 heteroatoms. The van der Waals surface area contributed by atoms with Gasteiger partial charge in [0.05, 0.1) is 18.6 Å². The zero-order valence-electron chi connectivity index (χ0n) is 7.85. The van der Waals surface area contributed by atoms with E-state index in [9.17, 15) is 4.79 Å². The maximum atomic E-state index is 11.5. The molecular weight excluding hydrogens is 198 g/mol. The van der Waals surface area contributed by atoms with Crippen LogP contribution in [0.25, 0.3) is 0 Å². The second-order valence-corrected chi connectivity index (χ2v) is 3.81. The lowest BCUT2D eigenvalue weighted by Crippen LogP contribution is -2.33. The highest BCUT2D eigenvalue weighted by Crippen LogP contribution is 2.28. The van der Waals surface area contributed by atoms with E-state index in [-0.39, 0.29) is 11.7 Å². The Morgan fingerprint density at radius 3 is 2.93 bits per heavy atom. The van der Waals surface area contributed by atoms with Crippen molar-refractivity contribution >= 4 is 18.5 Å². The zero-order valence-corrected chi connectivity index (χ0v) is 8.74. The molecule has 14 heavy (non-hydrogen) atoms. The van der Waals surface area contributed by atoms with Crippen molar-refractivity contribution in [3.63, 3.8) is 0 Å². The average Bonchev–Trinajstić information content (AvgIpc) is 2.92. The minimum absolute atomic E-state index is 0.0900. The van der Waals surface area contributed by atoms with Gasteiger partial charge in [0.1, 0.15) is 5.76 Å². The predicted octanol–water partition coefficient (Wildman–Crippen LogP) is 1.70. The third-order valence-corrected chi connectivity index (χ3v) is 2.62. The smallest absolute Gasteiger partial charge is 0.232 e. The van der Waals surface area contributed by atoms with Crippen molar-refractivity contribution in [1.82, 2.24) is 4.90 Å². The second-order valence-electron chi connectivity index (χ2n) is 3.49. The van der Waals surface area contributed by atoms with E-state index >= 15 is 0 Å². The number of thiol groups is 1. The van der Waals surface area contributed by atoms with Gasteiger partial charge in [-0.05, 0) is 25.0 Å². The van der Waals surface area contributed by atoms with Gasteiger partial charge in [-0.3, -0.25) is 4.79 Å². The lowest BCUT2D eigenvalue weighted by molar-refractivity contribution is -0.129. The molecule has 0 spiro atoms. The Hall–Kier alpha value is -0.900. The predicted molar refractivity (Wildman–Crippen MR) is 56.1 cm³/mol. The van der Waals surface area contributed by atoms with Crippen molar-refractivity contribution in [2.24, 2.45) is 0 Å². The fraction of sp³-hybridized carbons (Fsp3) is 0.500. The molecule has 2 rings (SSSR count). The molecule has 0 aromatic carbocycles. The van der Waals surface area contributed by atoms with Crippen LogP contribution in [-0.2, 0) is 11.3 Å². The van der Waals surface area contributed by atoms with Crippen LogP contribution in [0.15, 0.2) is 22.8 Å². The fourth-order valence-electron chi connectivity index (χ4n) is 1.47. The molecule has 1 saturated carbocycles. The van der Waals surface area contributed by atoms with Gasteiger partial charge in [-0.15, -0.1) is 0 Å². The molecule has 1 aromatic heterocycles. The van der Waals surface area contributed by atoms with Crippen LogP contribution < -0.4 is 0 Å². The molecule has 76 valence electrons. The third kappa shape index (κ3) is 2.12. The standard InChI is InChI=1S/C10H13NO2S/c12-10(7-14)11(8-3-4-8)6-9-2-1-5-13-9/h1-2,5,8,14H,3-4,6-7H2. The molecule has 0 radical (unpaired) electrons. The van der Waals surface area contributed by atoms with Crippen LogP contribution >= 0.6 is 12.6 Å². The van der Waals surface area contributed by atoms with E-state index in [1.165, 1.54) is 0 Å². The monoisotopic (exact) mass is 211 g/mol. The zero-order chi connectivity index (χ0) is 9.97. The Morgan fingerprint density at radius 2 is 2.43 bits per heavy atom. The van der Waals surface area contributed by atoms with Crippen LogP contribution in [0.1, 0.15) is 18.6 Å². The van der Waals surface area contributed by atoms with E-state index in [0.717, 1.165) is 18.6 Å². The topological polar surface area (TPSA) is 33.5 Å². The molecule has 0 atom stereocenters. The first-order valence-electron chi connectivity index (χ1n) is 4.74. The first-order valence-corrected chi connectivity index (χ1v) is 5.37. The molecule has 0 aliphatic heterocycles. The highest BCUT2D eigenvalue weighted by molar-refractivity contribution is 7.81. The summed E-state index contributed by atoms with van der Waals surface area (Å²) in [4.78, 5) is 13.4. The fourth-order valence-corrected chi connectivity index (χ4v) is 1.65. The van der Waals surface area contributed by atoms with Crippen molar-refractivity contribution in [3.05, 3.63) is 24.2 Å². The molecule has 1 amide bonds. The maximum Gasteiger partial charge on any atom is 0.232 e. The summed E-state index contributed by atoms with van der Waals surface area (Å²) in [5.41, 5.74) is 0. The van der Waals surface area contributed by atoms with Gasteiger partial charge in [0.15, 0.2) is 0 Å². The van der Waals surface area contributed by atoms with Crippen LogP contribution in [0.3, 0.4) is 0 Å². The van der Waals surface area contributed by atoms with Gasteiger partial charge in [0.25, 0.3) is 0 Å². The van der Waals surface area contributed by atoms with Crippen molar-refractivity contribution in [2.75, 3.05) is 5.75 Å². The molecule has 0 N–H and O–H groups in total. The summed E-state index contributed by atoms with van der Waals surface area (Å²) in [6, 6.07) is 4.15. The molecule has 0 saturated heterocycles. The Labute approximate surface area is 88.5 Å². The molecule has 1 heterocycles. The molecule has 0 unspecified atom stereocenters. The maximum absolute atomic E-state index is 11.5. The minimum Gasteiger partial charge on any atom is -0.467 e. The van der Waals surface area contributed by atoms with Gasteiger partial charge in [-0.1, -0.05) is 0 Å². The highest BCUT2D eigenvalue weighted by Gasteiger charge is 2.32. The van der Waals surface area contributed by atoms with Crippen molar-refractivity contribution in [2.45, 2.75) is 25.4 Å². The number of rotatable bonds is 4. The molecule has 1 fully saturated rings. The Balaban J connectivity index is 2.00. The first kappa shape index (κ1) is 9.65. The van der Waals surface area contributed by atoms with Gasteiger partial charge in [-0.2, -0.15) is 12.6 Å². The Morgan fingerprint density at radius 1 is 1.64 bits per heavy atom. The number of nitrogens with zero attached hydrogens (tertiary/aromatic N) is 1. The summed E-state index contributed by atoms with van der Waals surface area (Å²) < 4.78 is 5.22. The van der Waals surface area contributed by atoms with Crippen LogP contribution in [-0.4, -0.2) is 22.6 Å². The van der Waals surface area contributed by atoms with Gasteiger partial charge in [0, 0.05) is 6.04 Å². The van der Waals surface area contributed by atoms with Crippen LogP contribution in [0.2, 0.25) is 0 Å². The summed E-state index contributed by atoms with van der Waals surface area (Å²) in [5.74, 6) is 1.20. The quantitative estimate of drug-likeness (QED) is 0.769. The normalized spacial score (nSPS) is 15.5. The molecule has 0 bridgehead atoms. The number of hydrogen-bond donors (Lipinski definition) is 1. The van der Waals surface area contributed by atoms with Crippen molar-refractivity contribution < 1.29 is 9.21 Å². The summed E-state index contributed by atoms with van der Waals surface area (Å²) >= 11 is 4.01. The first-order chi connectivity index (χ1) is 6.81. The minimum atomic E-state index is 0.0900. The average molecular weight is 211 g/mol. The van der Waals surface area contributed by atoms with E-state index in [1.807, 2.05) is 17.0 Å². The Kier molecular flexibility index (Phi) is 2.82. The number of hydrogen-bond acceptors (Lipinski definition) is 3. The van der Waals surface area contributed by atoms with Gasteiger partial charge >= 0.3 is 0 Å².